The number of carbonyl (C=O) groups is 2. The van der Waals surface area contributed by atoms with Gasteiger partial charge < -0.3 is 26.2 Å². The number of nitrogens with two attached hydrogens (primary N) is 1. The van der Waals surface area contributed by atoms with Crippen LogP contribution >= 0.6 is 0 Å². The van der Waals surface area contributed by atoms with Crippen molar-refractivity contribution < 1.29 is 19.8 Å². The third-order valence-corrected chi connectivity index (χ3v) is 3.47. The van der Waals surface area contributed by atoms with Crippen LogP contribution in [0.4, 0.5) is 0 Å². The molecule has 1 aromatic carbocycles. The molecule has 0 saturated carbocycles. The predicted octanol–water partition coefficient (Wildman–Crippen LogP) is 1.48. The van der Waals surface area contributed by atoms with E-state index in [2.05, 4.69) is 10.3 Å². The number of carboxylic acid groups (broad SMARTS) is 2. The molecule has 7 heteroatoms. The van der Waals surface area contributed by atoms with Crippen molar-refractivity contribution in [2.24, 2.45) is 5.73 Å². The number of aromatic amines is 1. The van der Waals surface area contributed by atoms with E-state index < -0.39 is 18.0 Å². The van der Waals surface area contributed by atoms with E-state index in [0.29, 0.717) is 6.42 Å². The van der Waals surface area contributed by atoms with Gasteiger partial charge in [0.05, 0.1) is 0 Å². The maximum absolute atomic E-state index is 10.4. The summed E-state index contributed by atoms with van der Waals surface area (Å²) in [6.07, 6.45) is 5.92. The van der Waals surface area contributed by atoms with E-state index in [1.807, 2.05) is 54.9 Å². The van der Waals surface area contributed by atoms with Crippen LogP contribution in [0.5, 0.6) is 0 Å². The summed E-state index contributed by atoms with van der Waals surface area (Å²) in [5.41, 5.74) is 6.30. The average Bonchev–Trinajstić information content (AvgIpc) is 3.32. The zero-order valence-electron chi connectivity index (χ0n) is 14.0. The van der Waals surface area contributed by atoms with Gasteiger partial charge in [-0.2, -0.15) is 0 Å². The molecule has 1 aliphatic rings. The quantitative estimate of drug-likeness (QED) is 0.570. The number of rotatable bonds is 4. The highest BCUT2D eigenvalue weighted by molar-refractivity contribution is 5.74. The first-order valence-electron chi connectivity index (χ1n) is 8.07. The second-order valence-corrected chi connectivity index (χ2v) is 5.51. The molecule has 0 aliphatic carbocycles. The highest BCUT2D eigenvalue weighted by Gasteiger charge is 2.20. The smallest absolute Gasteiger partial charge is 0.320 e. The molecule has 1 aliphatic heterocycles. The minimum atomic E-state index is -0.959. The number of aromatic nitrogens is 1. The second kappa shape index (κ2) is 11.8. The lowest BCUT2D eigenvalue weighted by Gasteiger charge is -2.04. The van der Waals surface area contributed by atoms with Crippen LogP contribution < -0.4 is 11.1 Å². The summed E-state index contributed by atoms with van der Waals surface area (Å²) in [7, 11) is 0. The molecule has 0 amide bonds. The van der Waals surface area contributed by atoms with Gasteiger partial charge in [0.15, 0.2) is 0 Å². The monoisotopic (exact) mass is 347 g/mol. The maximum atomic E-state index is 10.4. The fraction of sp³-hybridized carbons (Fsp3) is 0.333. The van der Waals surface area contributed by atoms with E-state index in [1.54, 1.807) is 0 Å². The third kappa shape index (κ3) is 9.29. The maximum Gasteiger partial charge on any atom is 0.320 e. The molecule has 136 valence electrons. The lowest BCUT2D eigenvalue weighted by molar-refractivity contribution is -0.139. The molecule has 25 heavy (non-hydrogen) atoms. The Hall–Kier alpha value is -2.64. The standard InChI is InChI=1S/C9H11NO2.C5H9NO2.C4H5N/c10-8(9(11)12)6-7-4-2-1-3-5-7;7-5(8)4-2-1-3-6-4;1-2-4-5-3-1/h1-5,8H,6,10H2,(H,11,12);4,6H,1-3H2,(H,7,8);1-5H/t8-;4-;/m00./s1. The van der Waals surface area contributed by atoms with Gasteiger partial charge >= 0.3 is 11.9 Å². The first kappa shape index (κ1) is 20.4. The lowest BCUT2D eigenvalue weighted by Crippen LogP contribution is -2.32. The molecule has 0 spiro atoms. The number of nitrogens with one attached hydrogen (secondary N) is 2. The summed E-state index contributed by atoms with van der Waals surface area (Å²) in [5, 5.41) is 19.7. The van der Waals surface area contributed by atoms with Crippen LogP contribution in [0.2, 0.25) is 0 Å². The van der Waals surface area contributed by atoms with Crippen LogP contribution in [-0.2, 0) is 16.0 Å². The average molecular weight is 347 g/mol. The molecular formula is C18H25N3O4. The van der Waals surface area contributed by atoms with E-state index in [1.165, 1.54) is 0 Å². The van der Waals surface area contributed by atoms with Crippen LogP contribution in [0, 0.1) is 0 Å². The predicted molar refractivity (Wildman–Crippen MR) is 95.2 cm³/mol. The van der Waals surface area contributed by atoms with Crippen molar-refractivity contribution in [3.05, 3.63) is 60.4 Å². The van der Waals surface area contributed by atoms with Crippen LogP contribution in [0.15, 0.2) is 54.9 Å². The Balaban J connectivity index is 0.000000205. The fourth-order valence-corrected chi connectivity index (χ4v) is 2.13. The molecule has 0 unspecified atom stereocenters. The zero-order chi connectivity index (χ0) is 18.5. The number of H-pyrrole nitrogens is 1. The Morgan fingerprint density at radius 2 is 1.76 bits per heavy atom. The van der Waals surface area contributed by atoms with Gasteiger partial charge in [-0.05, 0) is 43.5 Å². The first-order chi connectivity index (χ1) is 12.0. The Bertz CT molecular complexity index is 579. The molecular weight excluding hydrogens is 322 g/mol. The summed E-state index contributed by atoms with van der Waals surface area (Å²) >= 11 is 0. The van der Waals surface area contributed by atoms with Crippen molar-refractivity contribution >= 4 is 11.9 Å². The minimum Gasteiger partial charge on any atom is -0.480 e. The number of carboxylic acids is 2. The third-order valence-electron chi connectivity index (χ3n) is 3.47. The van der Waals surface area contributed by atoms with Gasteiger partial charge in [0.25, 0.3) is 0 Å². The highest BCUT2D eigenvalue weighted by atomic mass is 16.4. The van der Waals surface area contributed by atoms with Gasteiger partial charge in [-0.1, -0.05) is 30.3 Å². The van der Waals surface area contributed by atoms with Crippen molar-refractivity contribution in [2.75, 3.05) is 6.54 Å². The molecule has 0 radical (unpaired) electrons. The molecule has 1 fully saturated rings. The molecule has 1 aromatic heterocycles. The topological polar surface area (TPSA) is 128 Å². The van der Waals surface area contributed by atoms with Gasteiger partial charge in [0.2, 0.25) is 0 Å². The largest absolute Gasteiger partial charge is 0.480 e. The number of hydrogen-bond acceptors (Lipinski definition) is 4. The van der Waals surface area contributed by atoms with Crippen LogP contribution in [0.3, 0.4) is 0 Å². The number of benzene rings is 1. The minimum absolute atomic E-state index is 0.269. The van der Waals surface area contributed by atoms with Gasteiger partial charge in [-0.15, -0.1) is 0 Å². The van der Waals surface area contributed by atoms with Crippen molar-refractivity contribution in [1.29, 1.82) is 0 Å². The molecule has 2 aromatic rings. The van der Waals surface area contributed by atoms with E-state index in [0.717, 1.165) is 24.9 Å². The first-order valence-corrected chi connectivity index (χ1v) is 8.07. The van der Waals surface area contributed by atoms with Crippen LogP contribution in [-0.4, -0.2) is 45.8 Å². The van der Waals surface area contributed by atoms with Gasteiger partial charge in [-0.3, -0.25) is 9.59 Å². The van der Waals surface area contributed by atoms with E-state index >= 15 is 0 Å². The Labute approximate surface area is 146 Å². The van der Waals surface area contributed by atoms with Crippen LogP contribution in [0.25, 0.3) is 0 Å². The van der Waals surface area contributed by atoms with E-state index in [9.17, 15) is 9.59 Å². The zero-order valence-corrected chi connectivity index (χ0v) is 14.0. The van der Waals surface area contributed by atoms with E-state index in [-0.39, 0.29) is 6.04 Å². The van der Waals surface area contributed by atoms with Gasteiger partial charge in [0.1, 0.15) is 12.1 Å². The summed E-state index contributed by atoms with van der Waals surface area (Å²) < 4.78 is 0. The molecule has 3 rings (SSSR count). The molecule has 2 atom stereocenters. The highest BCUT2D eigenvalue weighted by Crippen LogP contribution is 2.03. The van der Waals surface area contributed by atoms with Gasteiger partial charge in [0, 0.05) is 12.4 Å². The Kier molecular flexibility index (Phi) is 9.65. The lowest BCUT2D eigenvalue weighted by atomic mass is 10.1. The molecule has 1 saturated heterocycles. The summed E-state index contributed by atoms with van der Waals surface area (Å²) in [5.74, 6) is -1.68. The van der Waals surface area contributed by atoms with Crippen molar-refractivity contribution in [2.45, 2.75) is 31.3 Å². The normalized spacial score (nSPS) is 16.6. The Morgan fingerprint density at radius 1 is 1.12 bits per heavy atom. The summed E-state index contributed by atoms with van der Waals surface area (Å²) in [4.78, 5) is 23.4. The van der Waals surface area contributed by atoms with Crippen molar-refractivity contribution in [3.8, 4) is 0 Å². The SMILES string of the molecule is N[C@@H](Cc1ccccc1)C(=O)O.O=C(O)[C@@H]1CCCN1.c1cc[nH]c1. The number of hydrogen-bond donors (Lipinski definition) is 5. The Morgan fingerprint density at radius 3 is 2.12 bits per heavy atom. The summed E-state index contributed by atoms with van der Waals surface area (Å²) in [6, 6.07) is 12.2. The fourth-order valence-electron chi connectivity index (χ4n) is 2.13. The van der Waals surface area contributed by atoms with Crippen molar-refractivity contribution in [1.82, 2.24) is 10.3 Å². The van der Waals surface area contributed by atoms with Gasteiger partial charge in [-0.25, -0.2) is 0 Å². The molecule has 0 bridgehead atoms. The molecule has 2 heterocycles. The van der Waals surface area contributed by atoms with Crippen molar-refractivity contribution in [3.63, 3.8) is 0 Å². The van der Waals surface area contributed by atoms with Crippen LogP contribution in [0.1, 0.15) is 18.4 Å². The number of aliphatic carboxylic acids is 2. The second-order valence-electron chi connectivity index (χ2n) is 5.51. The summed E-state index contributed by atoms with van der Waals surface area (Å²) in [6.45, 7) is 0.858. The molecule has 6 N–H and O–H groups in total. The molecule has 7 nitrogen and oxygen atoms in total. The van der Waals surface area contributed by atoms with E-state index in [4.69, 9.17) is 15.9 Å².